The second-order valence-electron chi connectivity index (χ2n) is 11.7. The quantitative estimate of drug-likeness (QED) is 0.0629. The molecule has 0 aliphatic rings. The summed E-state index contributed by atoms with van der Waals surface area (Å²) in [4.78, 5) is 48.7. The van der Waals surface area contributed by atoms with Gasteiger partial charge < -0.3 is 18.9 Å². The van der Waals surface area contributed by atoms with Crippen molar-refractivity contribution in [2.45, 2.75) is 27.7 Å². The molecule has 0 unspecified atom stereocenters. The van der Waals surface area contributed by atoms with Crippen LogP contribution in [0.1, 0.15) is 38.8 Å². The molecular formula is C42H35FO8. The maximum atomic E-state index is 15.5. The Morgan fingerprint density at radius 1 is 0.471 bits per heavy atom. The molecule has 4 aromatic rings. The highest BCUT2D eigenvalue weighted by atomic mass is 19.1. The van der Waals surface area contributed by atoms with Gasteiger partial charge in [-0.25, -0.2) is 23.6 Å². The molecule has 0 N–H and O–H groups in total. The van der Waals surface area contributed by atoms with Gasteiger partial charge in [-0.3, -0.25) is 0 Å². The highest BCUT2D eigenvalue weighted by molar-refractivity contribution is 5.92. The molecule has 4 aromatic carbocycles. The van der Waals surface area contributed by atoms with Crippen LogP contribution in [0.5, 0.6) is 23.0 Å². The number of benzene rings is 4. The molecule has 0 spiro atoms. The average molecular weight is 687 g/mol. The van der Waals surface area contributed by atoms with Gasteiger partial charge in [0.1, 0.15) is 5.82 Å². The first kappa shape index (κ1) is 37.2. The second kappa shape index (κ2) is 16.2. The molecule has 0 radical (unpaired) electrons. The maximum absolute atomic E-state index is 15.5. The van der Waals surface area contributed by atoms with Crippen molar-refractivity contribution in [1.29, 1.82) is 0 Å². The zero-order valence-electron chi connectivity index (χ0n) is 28.6. The van der Waals surface area contributed by atoms with E-state index in [1.54, 1.807) is 36.4 Å². The normalized spacial score (nSPS) is 10.6. The molecule has 4 rings (SSSR count). The molecule has 51 heavy (non-hydrogen) atoms. The van der Waals surface area contributed by atoms with E-state index in [1.807, 2.05) is 30.3 Å². The molecule has 0 saturated heterocycles. The van der Waals surface area contributed by atoms with E-state index in [-0.39, 0.29) is 50.9 Å². The van der Waals surface area contributed by atoms with Crippen molar-refractivity contribution in [1.82, 2.24) is 0 Å². The van der Waals surface area contributed by atoms with E-state index in [0.29, 0.717) is 16.7 Å². The number of ether oxygens (including phenoxy) is 4. The Labute approximate surface area is 295 Å². The van der Waals surface area contributed by atoms with Crippen molar-refractivity contribution >= 4 is 36.0 Å². The van der Waals surface area contributed by atoms with Gasteiger partial charge in [-0.1, -0.05) is 87.0 Å². The van der Waals surface area contributed by atoms with E-state index in [9.17, 15) is 19.2 Å². The molecule has 0 aliphatic carbocycles. The lowest BCUT2D eigenvalue weighted by Crippen LogP contribution is -2.12. The van der Waals surface area contributed by atoms with Crippen LogP contribution in [0.4, 0.5) is 4.39 Å². The van der Waals surface area contributed by atoms with Gasteiger partial charge in [0.25, 0.3) is 0 Å². The second-order valence-corrected chi connectivity index (χ2v) is 11.7. The van der Waals surface area contributed by atoms with Crippen molar-refractivity contribution in [3.05, 3.63) is 144 Å². The first-order valence-corrected chi connectivity index (χ1v) is 15.5. The average Bonchev–Trinajstić information content (AvgIpc) is 3.08. The molecule has 0 bridgehead atoms. The molecule has 8 nitrogen and oxygen atoms in total. The third kappa shape index (κ3) is 9.73. The van der Waals surface area contributed by atoms with Gasteiger partial charge in [-0.15, -0.1) is 0 Å². The summed E-state index contributed by atoms with van der Waals surface area (Å²) < 4.78 is 36.9. The van der Waals surface area contributed by atoms with Crippen LogP contribution in [0.2, 0.25) is 0 Å². The van der Waals surface area contributed by atoms with Crippen molar-refractivity contribution in [3.63, 3.8) is 0 Å². The van der Waals surface area contributed by atoms with Gasteiger partial charge in [0, 0.05) is 27.9 Å². The Hall–Kier alpha value is -6.61. The van der Waals surface area contributed by atoms with E-state index in [0.717, 1.165) is 11.1 Å². The SMILES string of the molecule is C=C(C)C(=O)Oc1ccc(/C=C/c2ccc(-c3ccc(-c4ccc(OC(=O)C(=C)C)c(OC(=O)C(=C)C)c4)c(F)c3)cc2)cc1OC(=O)C(=C)C. The molecule has 0 heterocycles. The Balaban J connectivity index is 1.55. The molecule has 0 amide bonds. The first-order chi connectivity index (χ1) is 24.1. The van der Waals surface area contributed by atoms with Crippen molar-refractivity contribution < 1.29 is 42.5 Å². The predicted octanol–water partition coefficient (Wildman–Crippen LogP) is 9.26. The Morgan fingerprint density at radius 3 is 1.35 bits per heavy atom. The van der Waals surface area contributed by atoms with Crippen LogP contribution in [0.25, 0.3) is 34.4 Å². The van der Waals surface area contributed by atoms with Gasteiger partial charge in [-0.05, 0) is 85.8 Å². The summed E-state index contributed by atoms with van der Waals surface area (Å²) in [5, 5.41) is 0. The molecule has 9 heteroatoms. The molecule has 258 valence electrons. The maximum Gasteiger partial charge on any atom is 0.338 e. The van der Waals surface area contributed by atoms with E-state index < -0.39 is 29.7 Å². The monoisotopic (exact) mass is 686 g/mol. The Bertz CT molecular complexity index is 2140. The third-order valence-electron chi connectivity index (χ3n) is 7.11. The number of carbonyl (C=O) groups is 4. The lowest BCUT2D eigenvalue weighted by Gasteiger charge is -2.13. The van der Waals surface area contributed by atoms with Gasteiger partial charge in [0.2, 0.25) is 0 Å². The van der Waals surface area contributed by atoms with E-state index in [4.69, 9.17) is 18.9 Å². The smallest absolute Gasteiger partial charge is 0.338 e. The van der Waals surface area contributed by atoms with Gasteiger partial charge in [0.05, 0.1) is 0 Å². The fourth-order valence-electron chi connectivity index (χ4n) is 4.29. The largest absolute Gasteiger partial charge is 0.419 e. The van der Waals surface area contributed by atoms with Crippen LogP contribution in [0.3, 0.4) is 0 Å². The van der Waals surface area contributed by atoms with Gasteiger partial charge in [0.15, 0.2) is 23.0 Å². The van der Waals surface area contributed by atoms with E-state index in [2.05, 4.69) is 26.3 Å². The lowest BCUT2D eigenvalue weighted by molar-refractivity contribution is -0.132. The molecule has 0 atom stereocenters. The first-order valence-electron chi connectivity index (χ1n) is 15.5. The number of rotatable bonds is 12. The summed E-state index contributed by atoms with van der Waals surface area (Å²) in [5.41, 5.74) is 4.13. The summed E-state index contributed by atoms with van der Waals surface area (Å²) in [6, 6.07) is 21.3. The van der Waals surface area contributed by atoms with Crippen molar-refractivity contribution in [2.75, 3.05) is 0 Å². The predicted molar refractivity (Wildman–Crippen MR) is 194 cm³/mol. The van der Waals surface area contributed by atoms with Crippen molar-refractivity contribution in [2.24, 2.45) is 0 Å². The standard InChI is InChI=1S/C42H35FO8/c1-24(2)39(44)48-35-19-13-29(21-37(35)50-41(46)26(5)6)10-9-28-11-14-30(15-12-28)31-16-18-33(34(43)22-31)32-17-20-36(49-40(45)25(3)4)38(23-32)51-42(47)27(7)8/h9-23H,1,3,5,7H2,2,4,6,8H3/b10-9+. The number of carbonyl (C=O) groups excluding carboxylic acids is 4. The summed E-state index contributed by atoms with van der Waals surface area (Å²) in [5.74, 6) is -3.29. The van der Waals surface area contributed by atoms with Gasteiger partial charge in [-0.2, -0.15) is 0 Å². The summed E-state index contributed by atoms with van der Waals surface area (Å²) in [6.07, 6.45) is 3.63. The lowest BCUT2D eigenvalue weighted by atomic mass is 9.98. The van der Waals surface area contributed by atoms with Crippen LogP contribution in [0.15, 0.2) is 127 Å². The van der Waals surface area contributed by atoms with Crippen LogP contribution in [-0.4, -0.2) is 23.9 Å². The molecule has 0 aliphatic heterocycles. The molecular weight excluding hydrogens is 651 g/mol. The Morgan fingerprint density at radius 2 is 0.863 bits per heavy atom. The van der Waals surface area contributed by atoms with E-state index >= 15 is 4.39 Å². The van der Waals surface area contributed by atoms with Crippen LogP contribution < -0.4 is 18.9 Å². The fraction of sp³-hybridized carbons (Fsp3) is 0.0952. The third-order valence-corrected chi connectivity index (χ3v) is 7.11. The minimum Gasteiger partial charge on any atom is -0.419 e. The molecule has 0 aromatic heterocycles. The number of esters is 4. The minimum absolute atomic E-state index is 0.0275. The highest BCUT2D eigenvalue weighted by Crippen LogP contribution is 2.36. The summed E-state index contributed by atoms with van der Waals surface area (Å²) >= 11 is 0. The van der Waals surface area contributed by atoms with Crippen LogP contribution >= 0.6 is 0 Å². The number of hydrogen-bond acceptors (Lipinski definition) is 8. The minimum atomic E-state index is -0.734. The summed E-state index contributed by atoms with van der Waals surface area (Å²) in [6.45, 7) is 20.2. The molecule has 0 fully saturated rings. The van der Waals surface area contributed by atoms with Crippen LogP contribution in [0, 0.1) is 5.82 Å². The van der Waals surface area contributed by atoms with E-state index in [1.165, 1.54) is 52.0 Å². The number of hydrogen-bond donors (Lipinski definition) is 0. The van der Waals surface area contributed by atoms with Gasteiger partial charge >= 0.3 is 23.9 Å². The van der Waals surface area contributed by atoms with Crippen LogP contribution in [-0.2, 0) is 19.2 Å². The highest BCUT2D eigenvalue weighted by Gasteiger charge is 2.18. The topological polar surface area (TPSA) is 105 Å². The zero-order valence-corrected chi connectivity index (χ0v) is 28.6. The van der Waals surface area contributed by atoms with Crippen molar-refractivity contribution in [3.8, 4) is 45.3 Å². The number of halogens is 1. The molecule has 0 saturated carbocycles. The Kier molecular flexibility index (Phi) is 11.8. The zero-order chi connectivity index (χ0) is 37.4. The fourth-order valence-corrected chi connectivity index (χ4v) is 4.29. The summed E-state index contributed by atoms with van der Waals surface area (Å²) in [7, 11) is 0.